The van der Waals surface area contributed by atoms with Gasteiger partial charge in [-0.3, -0.25) is 9.59 Å². The lowest BCUT2D eigenvalue weighted by Gasteiger charge is -2.19. The highest BCUT2D eigenvalue weighted by molar-refractivity contribution is 6.15. The number of aliphatic carboxylic acids is 1. The quantitative estimate of drug-likeness (QED) is 0.531. The molecular formula is C18H21N3O6. The molecule has 0 spiro atoms. The van der Waals surface area contributed by atoms with E-state index in [1.165, 1.54) is 6.08 Å². The van der Waals surface area contributed by atoms with Crippen molar-refractivity contribution in [3.8, 4) is 0 Å². The van der Waals surface area contributed by atoms with Gasteiger partial charge in [0.25, 0.3) is 5.91 Å². The third-order valence-electron chi connectivity index (χ3n) is 3.38. The van der Waals surface area contributed by atoms with Gasteiger partial charge in [0, 0.05) is 6.54 Å². The van der Waals surface area contributed by atoms with Gasteiger partial charge in [0.2, 0.25) is 0 Å². The number of nitrogens with one attached hydrogen (secondary N) is 2. The van der Waals surface area contributed by atoms with Gasteiger partial charge in [0.05, 0.1) is 0 Å². The third-order valence-corrected chi connectivity index (χ3v) is 3.38. The van der Waals surface area contributed by atoms with Crippen molar-refractivity contribution >= 4 is 30.1 Å². The zero-order valence-corrected chi connectivity index (χ0v) is 15.2. The number of amides is 4. The normalized spacial score (nSPS) is 15.7. The second kappa shape index (κ2) is 7.90. The molecule has 1 aromatic rings. The summed E-state index contributed by atoms with van der Waals surface area (Å²) in [6.45, 7) is 4.89. The molecule has 3 N–H and O–H groups in total. The molecule has 0 radical (unpaired) electrons. The minimum absolute atomic E-state index is 0.000815. The maximum Gasteiger partial charge on any atom is 0.407 e. The number of carboxylic acids is 1. The van der Waals surface area contributed by atoms with Crippen molar-refractivity contribution in [2.75, 3.05) is 6.54 Å². The molecule has 2 rings (SSSR count). The summed E-state index contributed by atoms with van der Waals surface area (Å²) in [7, 11) is 0. The number of ether oxygens (including phenoxy) is 1. The number of rotatable bonds is 5. The average Bonchev–Trinajstić information content (AvgIpc) is 2.80. The summed E-state index contributed by atoms with van der Waals surface area (Å²) in [5.41, 5.74) is 0.877. The number of urea groups is 1. The lowest BCUT2D eigenvalue weighted by molar-refractivity contribution is -0.140. The largest absolute Gasteiger partial charge is 0.480 e. The first-order chi connectivity index (χ1) is 12.5. The standard InChI is InChI=1S/C18H21N3O6/c1-18(2,3)27-17(26)19-9-12-6-4-11(5-7-12)8-13-15(24)21(10-14(22)23)16(25)20-13/h4-8H,9-10H2,1-3H3,(H,19,26)(H,20,25)(H,22,23). The highest BCUT2D eigenvalue weighted by atomic mass is 16.6. The van der Waals surface area contributed by atoms with Gasteiger partial charge < -0.3 is 20.5 Å². The second-order valence-electron chi connectivity index (χ2n) is 6.87. The molecule has 144 valence electrons. The lowest BCUT2D eigenvalue weighted by atomic mass is 10.1. The van der Waals surface area contributed by atoms with Gasteiger partial charge >= 0.3 is 18.1 Å². The molecule has 0 bridgehead atoms. The second-order valence-corrected chi connectivity index (χ2v) is 6.87. The van der Waals surface area contributed by atoms with E-state index in [0.717, 1.165) is 5.56 Å². The van der Waals surface area contributed by atoms with Crippen LogP contribution in [0.3, 0.4) is 0 Å². The zero-order chi connectivity index (χ0) is 20.2. The Kier molecular flexibility index (Phi) is 5.84. The van der Waals surface area contributed by atoms with E-state index >= 15 is 0 Å². The summed E-state index contributed by atoms with van der Waals surface area (Å²) in [5.74, 6) is -1.97. The van der Waals surface area contributed by atoms with E-state index in [2.05, 4.69) is 10.6 Å². The summed E-state index contributed by atoms with van der Waals surface area (Å²) < 4.78 is 5.15. The number of alkyl carbamates (subject to hydrolysis) is 1. The van der Waals surface area contributed by atoms with Crippen LogP contribution in [0.15, 0.2) is 30.0 Å². The predicted octanol–water partition coefficient (Wildman–Crippen LogP) is 1.69. The van der Waals surface area contributed by atoms with Gasteiger partial charge in [0.1, 0.15) is 17.8 Å². The fraction of sp³-hybridized carbons (Fsp3) is 0.333. The maximum absolute atomic E-state index is 12.1. The summed E-state index contributed by atoms with van der Waals surface area (Å²) in [6.07, 6.45) is 0.930. The van der Waals surface area contributed by atoms with Crippen LogP contribution in [0.1, 0.15) is 31.9 Å². The molecule has 0 unspecified atom stereocenters. The Morgan fingerprint density at radius 3 is 2.41 bits per heavy atom. The van der Waals surface area contributed by atoms with Gasteiger partial charge in [-0.2, -0.15) is 0 Å². The molecule has 0 atom stereocenters. The van der Waals surface area contributed by atoms with Crippen LogP contribution in [0.5, 0.6) is 0 Å². The number of carbonyl (C=O) groups is 4. The molecule has 9 heteroatoms. The van der Waals surface area contributed by atoms with Crippen LogP contribution in [0, 0.1) is 0 Å². The smallest absolute Gasteiger partial charge is 0.407 e. The Hall–Kier alpha value is -3.36. The number of carboxylic acid groups (broad SMARTS) is 1. The van der Waals surface area contributed by atoms with E-state index in [1.807, 2.05) is 0 Å². The molecule has 0 aromatic heterocycles. The summed E-state index contributed by atoms with van der Waals surface area (Å²) >= 11 is 0. The van der Waals surface area contributed by atoms with E-state index in [4.69, 9.17) is 9.84 Å². The van der Waals surface area contributed by atoms with Crippen LogP contribution in [-0.2, 0) is 20.9 Å². The van der Waals surface area contributed by atoms with Crippen molar-refractivity contribution in [3.63, 3.8) is 0 Å². The molecule has 1 heterocycles. The number of carbonyl (C=O) groups excluding carboxylic acids is 3. The number of nitrogens with zero attached hydrogens (tertiary/aromatic N) is 1. The summed E-state index contributed by atoms with van der Waals surface area (Å²) in [4.78, 5) is 46.7. The fourth-order valence-electron chi connectivity index (χ4n) is 2.24. The SMILES string of the molecule is CC(C)(C)OC(=O)NCc1ccc(C=C2NC(=O)N(CC(=O)O)C2=O)cc1. The van der Waals surface area contributed by atoms with E-state index in [1.54, 1.807) is 45.0 Å². The van der Waals surface area contributed by atoms with Crippen LogP contribution in [-0.4, -0.2) is 46.2 Å². The minimum Gasteiger partial charge on any atom is -0.480 e. The molecule has 1 saturated heterocycles. The first kappa shape index (κ1) is 20.0. The highest BCUT2D eigenvalue weighted by Crippen LogP contribution is 2.15. The minimum atomic E-state index is -1.28. The van der Waals surface area contributed by atoms with Crippen LogP contribution in [0.2, 0.25) is 0 Å². The average molecular weight is 375 g/mol. The Morgan fingerprint density at radius 1 is 1.22 bits per heavy atom. The summed E-state index contributed by atoms with van der Waals surface area (Å²) in [6, 6.07) is 6.14. The molecule has 27 heavy (non-hydrogen) atoms. The third kappa shape index (κ3) is 5.84. The van der Waals surface area contributed by atoms with Gasteiger partial charge in [-0.05, 0) is 38.0 Å². The van der Waals surface area contributed by atoms with Crippen molar-refractivity contribution in [3.05, 3.63) is 41.1 Å². The molecule has 1 aliphatic rings. The predicted molar refractivity (Wildman–Crippen MR) is 95.4 cm³/mol. The van der Waals surface area contributed by atoms with Crippen LogP contribution in [0.4, 0.5) is 9.59 Å². The first-order valence-corrected chi connectivity index (χ1v) is 8.17. The molecule has 1 aliphatic heterocycles. The lowest BCUT2D eigenvalue weighted by Crippen LogP contribution is -2.35. The molecule has 9 nitrogen and oxygen atoms in total. The molecule has 1 aromatic carbocycles. The number of hydrogen-bond acceptors (Lipinski definition) is 5. The van der Waals surface area contributed by atoms with Crippen molar-refractivity contribution < 1.29 is 29.0 Å². The van der Waals surface area contributed by atoms with Crippen LogP contribution < -0.4 is 10.6 Å². The highest BCUT2D eigenvalue weighted by Gasteiger charge is 2.34. The Morgan fingerprint density at radius 2 is 1.85 bits per heavy atom. The number of benzene rings is 1. The Labute approximate surface area is 156 Å². The van der Waals surface area contributed by atoms with Crippen molar-refractivity contribution in [1.82, 2.24) is 15.5 Å². The van der Waals surface area contributed by atoms with E-state index in [9.17, 15) is 19.2 Å². The van der Waals surface area contributed by atoms with E-state index in [0.29, 0.717) is 10.5 Å². The Balaban J connectivity index is 1.98. The molecular weight excluding hydrogens is 354 g/mol. The maximum atomic E-state index is 12.1. The van der Waals surface area contributed by atoms with Gasteiger partial charge in [-0.1, -0.05) is 24.3 Å². The molecule has 1 fully saturated rings. The zero-order valence-electron chi connectivity index (χ0n) is 15.2. The van der Waals surface area contributed by atoms with Crippen LogP contribution >= 0.6 is 0 Å². The molecule has 0 aliphatic carbocycles. The van der Waals surface area contributed by atoms with E-state index < -0.39 is 36.1 Å². The van der Waals surface area contributed by atoms with E-state index in [-0.39, 0.29) is 12.2 Å². The Bertz CT molecular complexity index is 792. The number of hydrogen-bond donors (Lipinski definition) is 3. The number of imide groups is 1. The van der Waals surface area contributed by atoms with Crippen LogP contribution in [0.25, 0.3) is 6.08 Å². The fourth-order valence-corrected chi connectivity index (χ4v) is 2.24. The topological polar surface area (TPSA) is 125 Å². The van der Waals surface area contributed by atoms with Crippen molar-refractivity contribution in [2.45, 2.75) is 32.9 Å². The van der Waals surface area contributed by atoms with Crippen molar-refractivity contribution in [1.29, 1.82) is 0 Å². The summed E-state index contributed by atoms with van der Waals surface area (Å²) in [5, 5.41) is 13.7. The van der Waals surface area contributed by atoms with Gasteiger partial charge in [-0.15, -0.1) is 0 Å². The first-order valence-electron chi connectivity index (χ1n) is 8.17. The van der Waals surface area contributed by atoms with Gasteiger partial charge in [0.15, 0.2) is 0 Å². The molecule has 4 amide bonds. The monoisotopic (exact) mass is 375 g/mol. The molecule has 0 saturated carbocycles. The van der Waals surface area contributed by atoms with Gasteiger partial charge in [-0.25, -0.2) is 14.5 Å². The van der Waals surface area contributed by atoms with Crippen molar-refractivity contribution in [2.24, 2.45) is 0 Å².